The number of rotatable bonds is 3. The Labute approximate surface area is 91.6 Å². The molecule has 0 aliphatic carbocycles. The lowest BCUT2D eigenvalue weighted by atomic mass is 10.2. The van der Waals surface area contributed by atoms with Gasteiger partial charge in [-0.05, 0) is 20.3 Å². The Morgan fingerprint density at radius 1 is 1.71 bits per heavy atom. The molecule has 0 aromatic carbocycles. The molecule has 0 bridgehead atoms. The molecule has 82 valence electrons. The third-order valence-corrected chi connectivity index (χ3v) is 2.77. The molecule has 0 amide bonds. The van der Waals surface area contributed by atoms with Crippen LogP contribution in [0.2, 0.25) is 0 Å². The van der Waals surface area contributed by atoms with Crippen LogP contribution in [-0.2, 0) is 4.74 Å². The van der Waals surface area contributed by atoms with Crippen molar-refractivity contribution in [3.8, 4) is 0 Å². The zero-order valence-electron chi connectivity index (χ0n) is 9.03. The lowest BCUT2D eigenvalue weighted by Crippen LogP contribution is -2.39. The molecule has 1 aliphatic rings. The van der Waals surface area contributed by atoms with E-state index in [0.717, 1.165) is 32.5 Å². The van der Waals surface area contributed by atoms with E-state index in [2.05, 4.69) is 18.7 Å². The molecule has 1 aliphatic heterocycles. The Bertz CT molecular complexity index is 199. The van der Waals surface area contributed by atoms with Gasteiger partial charge in [0, 0.05) is 32.2 Å². The molecule has 2 unspecified atom stereocenters. The van der Waals surface area contributed by atoms with Gasteiger partial charge in [0.2, 0.25) is 0 Å². The van der Waals surface area contributed by atoms with Gasteiger partial charge < -0.3 is 10.5 Å². The molecule has 0 saturated carbocycles. The van der Waals surface area contributed by atoms with E-state index in [9.17, 15) is 0 Å². The van der Waals surface area contributed by atoms with E-state index in [0.29, 0.717) is 17.1 Å². The van der Waals surface area contributed by atoms with Crippen molar-refractivity contribution in [3.63, 3.8) is 0 Å². The second kappa shape index (κ2) is 5.63. The molecule has 1 fully saturated rings. The highest BCUT2D eigenvalue weighted by molar-refractivity contribution is 7.80. The van der Waals surface area contributed by atoms with E-state index in [1.165, 1.54) is 0 Å². The summed E-state index contributed by atoms with van der Waals surface area (Å²) >= 11 is 4.92. The summed E-state index contributed by atoms with van der Waals surface area (Å²) in [6.45, 7) is 7.25. The van der Waals surface area contributed by atoms with Gasteiger partial charge in [0.1, 0.15) is 0 Å². The predicted molar refractivity (Wildman–Crippen MR) is 62.5 cm³/mol. The van der Waals surface area contributed by atoms with Crippen LogP contribution in [0.15, 0.2) is 0 Å². The highest BCUT2D eigenvalue weighted by atomic mass is 32.1. The van der Waals surface area contributed by atoms with Gasteiger partial charge in [-0.15, -0.1) is 0 Å². The summed E-state index contributed by atoms with van der Waals surface area (Å²) in [7, 11) is 0. The summed E-state index contributed by atoms with van der Waals surface area (Å²) in [6.07, 6.45) is 2.24. The van der Waals surface area contributed by atoms with Gasteiger partial charge in [-0.2, -0.15) is 0 Å². The van der Waals surface area contributed by atoms with E-state index in [1.807, 2.05) is 0 Å². The fraction of sp³-hybridized carbons (Fsp3) is 0.900. The Kier molecular flexibility index (Phi) is 4.78. The van der Waals surface area contributed by atoms with Gasteiger partial charge in [0.15, 0.2) is 0 Å². The molecule has 1 heterocycles. The fourth-order valence-corrected chi connectivity index (χ4v) is 2.09. The monoisotopic (exact) mass is 216 g/mol. The first-order chi connectivity index (χ1) is 6.59. The smallest absolute Gasteiger partial charge is 0.0742 e. The lowest BCUT2D eigenvalue weighted by molar-refractivity contribution is 0.0626. The van der Waals surface area contributed by atoms with Crippen molar-refractivity contribution in [2.24, 2.45) is 5.73 Å². The van der Waals surface area contributed by atoms with Crippen molar-refractivity contribution in [2.75, 3.05) is 19.7 Å². The van der Waals surface area contributed by atoms with E-state index < -0.39 is 0 Å². The van der Waals surface area contributed by atoms with E-state index in [-0.39, 0.29) is 0 Å². The van der Waals surface area contributed by atoms with Crippen LogP contribution >= 0.6 is 12.2 Å². The van der Waals surface area contributed by atoms with Crippen molar-refractivity contribution in [1.82, 2.24) is 4.90 Å². The first kappa shape index (κ1) is 11.9. The van der Waals surface area contributed by atoms with Gasteiger partial charge in [0.05, 0.1) is 11.1 Å². The van der Waals surface area contributed by atoms with Gasteiger partial charge in [-0.25, -0.2) is 0 Å². The molecule has 4 heteroatoms. The molecule has 1 rings (SSSR count). The standard InChI is InChI=1S/C10H20N2OS/c1-8(6-10(11)14)12-4-3-5-13-9(2)7-12/h8-9H,3-7H2,1-2H3,(H2,11,14). The minimum absolute atomic E-state index is 0.325. The SMILES string of the molecule is CC1CN(C(C)CC(N)=S)CCCO1. The Balaban J connectivity index is 2.43. The Morgan fingerprint density at radius 3 is 3.07 bits per heavy atom. The average molecular weight is 216 g/mol. The topological polar surface area (TPSA) is 38.5 Å². The van der Waals surface area contributed by atoms with E-state index in [4.69, 9.17) is 22.7 Å². The number of thiocarbonyl (C=S) groups is 1. The zero-order valence-corrected chi connectivity index (χ0v) is 9.85. The molecule has 0 spiro atoms. The van der Waals surface area contributed by atoms with Crippen molar-refractivity contribution in [2.45, 2.75) is 38.8 Å². The summed E-state index contributed by atoms with van der Waals surface area (Å²) in [5, 5.41) is 0. The van der Waals surface area contributed by atoms with Crippen LogP contribution in [0.3, 0.4) is 0 Å². The van der Waals surface area contributed by atoms with Crippen LogP contribution in [0.4, 0.5) is 0 Å². The number of ether oxygens (including phenoxy) is 1. The summed E-state index contributed by atoms with van der Waals surface area (Å²) in [6, 6.07) is 0.441. The fourth-order valence-electron chi connectivity index (χ4n) is 1.85. The van der Waals surface area contributed by atoms with Crippen molar-refractivity contribution in [3.05, 3.63) is 0 Å². The van der Waals surface area contributed by atoms with Crippen molar-refractivity contribution < 1.29 is 4.74 Å². The van der Waals surface area contributed by atoms with Gasteiger partial charge in [-0.3, -0.25) is 4.90 Å². The maximum atomic E-state index is 5.58. The largest absolute Gasteiger partial charge is 0.393 e. The number of hydrogen-bond acceptors (Lipinski definition) is 3. The van der Waals surface area contributed by atoms with E-state index >= 15 is 0 Å². The molecule has 2 N–H and O–H groups in total. The molecular formula is C10H20N2OS. The highest BCUT2D eigenvalue weighted by Crippen LogP contribution is 2.11. The molecule has 0 radical (unpaired) electrons. The third-order valence-electron chi connectivity index (χ3n) is 2.60. The van der Waals surface area contributed by atoms with Crippen LogP contribution in [-0.4, -0.2) is 41.7 Å². The molecular weight excluding hydrogens is 196 g/mol. The molecule has 1 saturated heterocycles. The van der Waals surface area contributed by atoms with Crippen LogP contribution in [0.25, 0.3) is 0 Å². The summed E-state index contributed by atoms with van der Waals surface area (Å²) in [5.41, 5.74) is 5.55. The molecule has 0 aromatic rings. The summed E-state index contributed by atoms with van der Waals surface area (Å²) in [5.74, 6) is 0. The zero-order chi connectivity index (χ0) is 10.6. The number of nitrogens with zero attached hydrogens (tertiary/aromatic N) is 1. The quantitative estimate of drug-likeness (QED) is 0.719. The number of nitrogens with two attached hydrogens (primary N) is 1. The van der Waals surface area contributed by atoms with Crippen molar-refractivity contribution >= 4 is 17.2 Å². The van der Waals surface area contributed by atoms with Crippen LogP contribution < -0.4 is 5.73 Å². The second-order valence-electron chi connectivity index (χ2n) is 4.05. The Morgan fingerprint density at radius 2 is 2.43 bits per heavy atom. The second-order valence-corrected chi connectivity index (χ2v) is 4.57. The predicted octanol–water partition coefficient (Wildman–Crippen LogP) is 1.16. The summed E-state index contributed by atoms with van der Waals surface area (Å²) in [4.78, 5) is 3.02. The first-order valence-electron chi connectivity index (χ1n) is 5.23. The van der Waals surface area contributed by atoms with Gasteiger partial charge in [-0.1, -0.05) is 12.2 Å². The van der Waals surface area contributed by atoms with E-state index in [1.54, 1.807) is 0 Å². The highest BCUT2D eigenvalue weighted by Gasteiger charge is 2.19. The van der Waals surface area contributed by atoms with Crippen LogP contribution in [0, 0.1) is 0 Å². The minimum atomic E-state index is 0.325. The maximum absolute atomic E-state index is 5.58. The summed E-state index contributed by atoms with van der Waals surface area (Å²) < 4.78 is 5.58. The molecule has 3 nitrogen and oxygen atoms in total. The van der Waals surface area contributed by atoms with Gasteiger partial charge in [0.25, 0.3) is 0 Å². The normalized spacial score (nSPS) is 26.9. The van der Waals surface area contributed by atoms with Crippen LogP contribution in [0.1, 0.15) is 26.7 Å². The lowest BCUT2D eigenvalue weighted by Gasteiger charge is -2.28. The van der Waals surface area contributed by atoms with Crippen molar-refractivity contribution in [1.29, 1.82) is 0 Å². The first-order valence-corrected chi connectivity index (χ1v) is 5.64. The maximum Gasteiger partial charge on any atom is 0.0742 e. The Hall–Kier alpha value is -0.190. The molecule has 0 aromatic heterocycles. The molecule has 14 heavy (non-hydrogen) atoms. The van der Waals surface area contributed by atoms with Gasteiger partial charge >= 0.3 is 0 Å². The minimum Gasteiger partial charge on any atom is -0.393 e. The van der Waals surface area contributed by atoms with Crippen LogP contribution in [0.5, 0.6) is 0 Å². The third kappa shape index (κ3) is 3.90. The average Bonchev–Trinajstić information content (AvgIpc) is 2.28. The number of hydrogen-bond donors (Lipinski definition) is 1. The molecule has 2 atom stereocenters.